The van der Waals surface area contributed by atoms with Gasteiger partial charge in [0.15, 0.2) is 0 Å². The monoisotopic (exact) mass is 370 g/mol. The van der Waals surface area contributed by atoms with Crippen molar-refractivity contribution in [2.24, 2.45) is 0 Å². The van der Waals surface area contributed by atoms with Crippen molar-refractivity contribution in [2.75, 3.05) is 17.7 Å². The van der Waals surface area contributed by atoms with E-state index in [-0.39, 0.29) is 0 Å². The third kappa shape index (κ3) is 3.88. The van der Waals surface area contributed by atoms with E-state index in [0.29, 0.717) is 6.54 Å². The number of methoxy groups -OCH3 is 1. The molecule has 4 rings (SSSR count). The van der Waals surface area contributed by atoms with Gasteiger partial charge in [0.1, 0.15) is 17.4 Å². The average Bonchev–Trinajstić information content (AvgIpc) is 2.74. The second kappa shape index (κ2) is 7.96. The maximum atomic E-state index is 5.40. The first-order chi connectivity index (χ1) is 13.7. The number of benzene rings is 2. The summed E-state index contributed by atoms with van der Waals surface area (Å²) in [4.78, 5) is 9.10. The maximum absolute atomic E-state index is 5.40. The molecule has 28 heavy (non-hydrogen) atoms. The molecule has 0 unspecified atom stereocenters. The first-order valence-corrected chi connectivity index (χ1v) is 9.18. The average molecular weight is 370 g/mol. The maximum Gasteiger partial charge on any atom is 0.133 e. The smallest absolute Gasteiger partial charge is 0.133 e. The van der Waals surface area contributed by atoms with Gasteiger partial charge in [-0.15, -0.1) is 0 Å². The highest BCUT2D eigenvalue weighted by molar-refractivity contribution is 5.84. The number of anilines is 3. The molecule has 0 saturated carbocycles. The molecule has 0 aliphatic carbocycles. The van der Waals surface area contributed by atoms with Gasteiger partial charge in [0.2, 0.25) is 0 Å². The molecule has 0 atom stereocenters. The lowest BCUT2D eigenvalue weighted by atomic mass is 10.2. The van der Waals surface area contributed by atoms with Crippen LogP contribution >= 0.6 is 0 Å². The number of hydrogen-bond donors (Lipinski definition) is 2. The molecule has 0 bridgehead atoms. The number of hydrogen-bond acceptors (Lipinski definition) is 5. The van der Waals surface area contributed by atoms with E-state index in [1.807, 2.05) is 61.5 Å². The fraction of sp³-hybridized carbons (Fsp3) is 0.130. The van der Waals surface area contributed by atoms with Crippen molar-refractivity contribution in [1.82, 2.24) is 9.97 Å². The Morgan fingerprint density at radius 2 is 1.86 bits per heavy atom. The zero-order chi connectivity index (χ0) is 19.3. The van der Waals surface area contributed by atoms with E-state index in [1.54, 1.807) is 13.3 Å². The Morgan fingerprint density at radius 1 is 0.964 bits per heavy atom. The highest BCUT2D eigenvalue weighted by Gasteiger charge is 2.05. The Hall–Kier alpha value is -3.60. The summed E-state index contributed by atoms with van der Waals surface area (Å²) in [5, 5.41) is 7.81. The van der Waals surface area contributed by atoms with Crippen LogP contribution in [0, 0.1) is 6.92 Å². The van der Waals surface area contributed by atoms with Crippen molar-refractivity contribution < 1.29 is 4.74 Å². The molecular weight excluding hydrogens is 348 g/mol. The van der Waals surface area contributed by atoms with E-state index >= 15 is 0 Å². The van der Waals surface area contributed by atoms with Crippen molar-refractivity contribution in [3.05, 3.63) is 84.1 Å². The molecule has 2 heterocycles. The van der Waals surface area contributed by atoms with Crippen molar-refractivity contribution in [2.45, 2.75) is 13.5 Å². The van der Waals surface area contributed by atoms with Gasteiger partial charge in [0, 0.05) is 29.4 Å². The van der Waals surface area contributed by atoms with Gasteiger partial charge in [0.25, 0.3) is 0 Å². The number of nitrogens with zero attached hydrogens (tertiary/aromatic N) is 2. The molecule has 0 amide bonds. The Balaban J connectivity index is 1.51. The Morgan fingerprint density at radius 3 is 2.71 bits per heavy atom. The molecular formula is C23H22N4O. The van der Waals surface area contributed by atoms with Gasteiger partial charge in [0.05, 0.1) is 12.6 Å². The first-order valence-electron chi connectivity index (χ1n) is 9.18. The Bertz CT molecular complexity index is 1110. The molecule has 4 aromatic rings. The number of pyridine rings is 2. The molecule has 0 aliphatic heterocycles. The van der Waals surface area contributed by atoms with Crippen LogP contribution in [0.15, 0.2) is 72.9 Å². The zero-order valence-electron chi connectivity index (χ0n) is 15.9. The van der Waals surface area contributed by atoms with Gasteiger partial charge in [-0.25, -0.2) is 9.97 Å². The second-order valence-electron chi connectivity index (χ2n) is 6.56. The standard InChI is InChI=1S/C23H22N4O/c1-16-6-5-13-24-23(16)26-19-10-11-20-17(14-19)9-12-22(27-20)25-15-18-7-3-4-8-21(18)28-2/h3-14H,15H2,1-2H3,(H,24,26)(H,25,27). The van der Waals surface area contributed by atoms with Crippen LogP contribution in [-0.4, -0.2) is 17.1 Å². The summed E-state index contributed by atoms with van der Waals surface area (Å²) in [6.07, 6.45) is 1.79. The minimum Gasteiger partial charge on any atom is -0.496 e. The highest BCUT2D eigenvalue weighted by Crippen LogP contribution is 2.24. The topological polar surface area (TPSA) is 59.1 Å². The fourth-order valence-electron chi connectivity index (χ4n) is 3.09. The SMILES string of the molecule is COc1ccccc1CNc1ccc2cc(Nc3ncccc3C)ccc2n1. The quantitative estimate of drug-likeness (QED) is 0.482. The number of aryl methyl sites for hydroxylation is 1. The van der Waals surface area contributed by atoms with E-state index in [4.69, 9.17) is 9.72 Å². The molecule has 2 aromatic carbocycles. The van der Waals surface area contributed by atoms with Gasteiger partial charge in [-0.2, -0.15) is 0 Å². The molecule has 2 aromatic heterocycles. The third-order valence-electron chi connectivity index (χ3n) is 4.61. The van der Waals surface area contributed by atoms with Crippen molar-refractivity contribution in [1.29, 1.82) is 0 Å². The molecule has 0 aliphatic rings. The lowest BCUT2D eigenvalue weighted by Gasteiger charge is -2.11. The van der Waals surface area contributed by atoms with Crippen LogP contribution in [0.2, 0.25) is 0 Å². The van der Waals surface area contributed by atoms with E-state index < -0.39 is 0 Å². The molecule has 0 saturated heterocycles. The largest absolute Gasteiger partial charge is 0.496 e. The van der Waals surface area contributed by atoms with Crippen molar-refractivity contribution in [3.8, 4) is 5.75 Å². The molecule has 5 heteroatoms. The molecule has 5 nitrogen and oxygen atoms in total. The van der Waals surface area contributed by atoms with Crippen molar-refractivity contribution >= 4 is 28.2 Å². The summed E-state index contributed by atoms with van der Waals surface area (Å²) in [6.45, 7) is 2.69. The summed E-state index contributed by atoms with van der Waals surface area (Å²) in [7, 11) is 1.69. The minimum atomic E-state index is 0.654. The minimum absolute atomic E-state index is 0.654. The van der Waals surface area contributed by atoms with Gasteiger partial charge >= 0.3 is 0 Å². The van der Waals surface area contributed by atoms with Crippen LogP contribution < -0.4 is 15.4 Å². The van der Waals surface area contributed by atoms with Crippen LogP contribution in [0.3, 0.4) is 0 Å². The highest BCUT2D eigenvalue weighted by atomic mass is 16.5. The number of rotatable bonds is 6. The summed E-state index contributed by atoms with van der Waals surface area (Å²) < 4.78 is 5.40. The summed E-state index contributed by atoms with van der Waals surface area (Å²) in [6, 6.07) is 22.1. The normalized spacial score (nSPS) is 10.6. The third-order valence-corrected chi connectivity index (χ3v) is 4.61. The van der Waals surface area contributed by atoms with Crippen LogP contribution in [0.25, 0.3) is 10.9 Å². The Labute approximate surface area is 164 Å². The van der Waals surface area contributed by atoms with Crippen LogP contribution in [0.1, 0.15) is 11.1 Å². The predicted molar refractivity (Wildman–Crippen MR) is 114 cm³/mol. The predicted octanol–water partition coefficient (Wildman–Crippen LogP) is 5.30. The van der Waals surface area contributed by atoms with Gasteiger partial charge in [-0.1, -0.05) is 24.3 Å². The van der Waals surface area contributed by atoms with Gasteiger partial charge < -0.3 is 15.4 Å². The number of ether oxygens (including phenoxy) is 1. The Kier molecular flexibility index (Phi) is 5.06. The second-order valence-corrected chi connectivity index (χ2v) is 6.56. The summed E-state index contributed by atoms with van der Waals surface area (Å²) >= 11 is 0. The number of para-hydroxylation sites is 1. The zero-order valence-corrected chi connectivity index (χ0v) is 15.9. The molecule has 0 spiro atoms. The first kappa shape index (κ1) is 17.8. The van der Waals surface area contributed by atoms with E-state index in [1.165, 1.54) is 0 Å². The molecule has 0 fully saturated rings. The van der Waals surface area contributed by atoms with Crippen LogP contribution in [-0.2, 0) is 6.54 Å². The lowest BCUT2D eigenvalue weighted by Crippen LogP contribution is -2.03. The van der Waals surface area contributed by atoms with E-state index in [2.05, 4.69) is 27.8 Å². The van der Waals surface area contributed by atoms with Crippen molar-refractivity contribution in [3.63, 3.8) is 0 Å². The fourth-order valence-corrected chi connectivity index (χ4v) is 3.09. The van der Waals surface area contributed by atoms with E-state index in [9.17, 15) is 0 Å². The molecule has 0 radical (unpaired) electrons. The van der Waals surface area contributed by atoms with Gasteiger partial charge in [-0.05, 0) is 55.0 Å². The molecule has 2 N–H and O–H groups in total. The van der Waals surface area contributed by atoms with Gasteiger partial charge in [-0.3, -0.25) is 0 Å². The summed E-state index contributed by atoms with van der Waals surface area (Å²) in [5.74, 6) is 2.57. The van der Waals surface area contributed by atoms with E-state index in [0.717, 1.165) is 45.1 Å². The van der Waals surface area contributed by atoms with Crippen LogP contribution in [0.5, 0.6) is 5.75 Å². The lowest BCUT2D eigenvalue weighted by molar-refractivity contribution is 0.410. The van der Waals surface area contributed by atoms with Crippen LogP contribution in [0.4, 0.5) is 17.3 Å². The molecule has 140 valence electrons. The summed E-state index contributed by atoms with van der Waals surface area (Å²) in [5.41, 5.74) is 4.13. The number of aromatic nitrogens is 2. The number of fused-ring (bicyclic) bond motifs is 1. The number of nitrogens with one attached hydrogen (secondary N) is 2.